The smallest absolute Gasteiger partial charge is 0.243 e. The third-order valence-corrected chi connectivity index (χ3v) is 3.98. The molecule has 110 valence electrons. The van der Waals surface area contributed by atoms with Crippen LogP contribution in [0.3, 0.4) is 0 Å². The van der Waals surface area contributed by atoms with E-state index >= 15 is 0 Å². The number of benzene rings is 2. The van der Waals surface area contributed by atoms with Gasteiger partial charge in [-0.2, -0.15) is 0 Å². The summed E-state index contributed by atoms with van der Waals surface area (Å²) in [5, 5.41) is 6.61. The zero-order chi connectivity index (χ0) is 15.4. The molecule has 0 atom stereocenters. The number of hydrogen-bond acceptors (Lipinski definition) is 2. The van der Waals surface area contributed by atoms with Crippen molar-refractivity contribution in [2.45, 2.75) is 6.92 Å². The molecule has 0 unspecified atom stereocenters. The molecule has 0 bridgehead atoms. The van der Waals surface area contributed by atoms with Crippen LogP contribution in [0.25, 0.3) is 0 Å². The Bertz CT molecular complexity index is 656. The Morgan fingerprint density at radius 3 is 2.48 bits per heavy atom. The molecule has 0 radical (unpaired) electrons. The first-order valence-corrected chi connectivity index (χ1v) is 7.76. The first kappa shape index (κ1) is 16.1. The predicted molar refractivity (Wildman–Crippen MR) is 92.5 cm³/mol. The van der Waals surface area contributed by atoms with E-state index in [0.717, 1.165) is 15.7 Å². The molecule has 2 N–H and O–H groups in total. The first-order valence-electron chi connectivity index (χ1n) is 6.21. The molecule has 3 nitrogen and oxygen atoms in total. The fourth-order valence-electron chi connectivity index (χ4n) is 1.80. The number of rotatable bonds is 4. The quantitative estimate of drug-likeness (QED) is 0.764. The van der Waals surface area contributed by atoms with Crippen molar-refractivity contribution in [3.63, 3.8) is 0 Å². The van der Waals surface area contributed by atoms with Crippen LogP contribution in [0, 0.1) is 6.92 Å². The number of carbonyl (C=O) groups is 1. The van der Waals surface area contributed by atoms with Crippen LogP contribution in [-0.2, 0) is 4.79 Å². The third kappa shape index (κ3) is 4.37. The highest BCUT2D eigenvalue weighted by Crippen LogP contribution is 2.29. The number of aryl methyl sites for hydroxylation is 1. The molecule has 2 aromatic rings. The van der Waals surface area contributed by atoms with E-state index in [1.807, 2.05) is 25.1 Å². The lowest BCUT2D eigenvalue weighted by molar-refractivity contribution is -0.114. The minimum atomic E-state index is -0.215. The molecule has 2 rings (SSSR count). The number of nitrogens with one attached hydrogen (secondary N) is 2. The molecule has 2 aromatic carbocycles. The molecular formula is C15H13BrCl2N2O. The summed E-state index contributed by atoms with van der Waals surface area (Å²) in [7, 11) is 0. The first-order chi connectivity index (χ1) is 9.97. The van der Waals surface area contributed by atoms with Gasteiger partial charge in [0.05, 0.1) is 22.3 Å². The second kappa shape index (κ2) is 7.16. The van der Waals surface area contributed by atoms with E-state index in [9.17, 15) is 4.79 Å². The fourth-order valence-corrected chi connectivity index (χ4v) is 2.77. The molecule has 0 saturated carbocycles. The van der Waals surface area contributed by atoms with E-state index in [0.29, 0.717) is 15.7 Å². The van der Waals surface area contributed by atoms with Crippen molar-refractivity contribution < 1.29 is 4.79 Å². The van der Waals surface area contributed by atoms with Gasteiger partial charge in [-0.15, -0.1) is 0 Å². The highest BCUT2D eigenvalue weighted by Gasteiger charge is 2.09. The monoisotopic (exact) mass is 386 g/mol. The van der Waals surface area contributed by atoms with Crippen LogP contribution in [-0.4, -0.2) is 12.5 Å². The van der Waals surface area contributed by atoms with Gasteiger partial charge >= 0.3 is 0 Å². The Morgan fingerprint density at radius 1 is 1.19 bits per heavy atom. The van der Waals surface area contributed by atoms with Crippen molar-refractivity contribution in [3.8, 4) is 0 Å². The van der Waals surface area contributed by atoms with Gasteiger partial charge in [0, 0.05) is 10.2 Å². The van der Waals surface area contributed by atoms with E-state index < -0.39 is 0 Å². The van der Waals surface area contributed by atoms with Gasteiger partial charge < -0.3 is 10.6 Å². The topological polar surface area (TPSA) is 41.1 Å². The predicted octanol–water partition coefficient (Wildman–Crippen LogP) is 5.11. The summed E-state index contributed by atoms with van der Waals surface area (Å²) in [6.07, 6.45) is 0. The summed E-state index contributed by atoms with van der Waals surface area (Å²) in [6.45, 7) is 2.10. The minimum absolute atomic E-state index is 0.129. The molecule has 0 aliphatic carbocycles. The molecule has 0 spiro atoms. The lowest BCUT2D eigenvalue weighted by Crippen LogP contribution is -2.22. The Hall–Kier alpha value is -1.23. The highest BCUT2D eigenvalue weighted by molar-refractivity contribution is 9.10. The van der Waals surface area contributed by atoms with Gasteiger partial charge in [0.15, 0.2) is 0 Å². The number of carbonyl (C=O) groups excluding carboxylic acids is 1. The number of amides is 1. The molecule has 0 aliphatic rings. The summed E-state index contributed by atoms with van der Waals surface area (Å²) >= 11 is 15.4. The highest BCUT2D eigenvalue weighted by atomic mass is 79.9. The van der Waals surface area contributed by atoms with Crippen molar-refractivity contribution in [2.24, 2.45) is 0 Å². The zero-order valence-corrected chi connectivity index (χ0v) is 14.3. The second-order valence-corrected chi connectivity index (χ2v) is 6.19. The van der Waals surface area contributed by atoms with Gasteiger partial charge in [-0.05, 0) is 42.8 Å². The maximum Gasteiger partial charge on any atom is 0.243 e. The Morgan fingerprint density at radius 2 is 1.86 bits per heavy atom. The maximum absolute atomic E-state index is 12.0. The molecule has 6 heteroatoms. The number of hydrogen-bond donors (Lipinski definition) is 2. The van der Waals surface area contributed by atoms with E-state index in [2.05, 4.69) is 26.6 Å². The van der Waals surface area contributed by atoms with Crippen LogP contribution < -0.4 is 10.6 Å². The Kier molecular flexibility index (Phi) is 5.51. The third-order valence-electron chi connectivity index (χ3n) is 2.86. The standard InChI is InChI=1S/C15H13BrCl2N2O/c1-9-7-10(16)5-6-13(9)19-8-14(21)20-15-11(17)3-2-4-12(15)18/h2-7,19H,8H2,1H3,(H,20,21). The summed E-state index contributed by atoms with van der Waals surface area (Å²) < 4.78 is 0.998. The lowest BCUT2D eigenvalue weighted by Gasteiger charge is -2.12. The van der Waals surface area contributed by atoms with E-state index in [1.165, 1.54) is 0 Å². The molecule has 0 heterocycles. The summed E-state index contributed by atoms with van der Waals surface area (Å²) in [6, 6.07) is 10.9. The van der Waals surface area contributed by atoms with Crippen LogP contribution in [0.4, 0.5) is 11.4 Å². The van der Waals surface area contributed by atoms with Crippen LogP contribution in [0.5, 0.6) is 0 Å². The van der Waals surface area contributed by atoms with Gasteiger partial charge in [0.2, 0.25) is 5.91 Å². The van der Waals surface area contributed by atoms with Crippen LogP contribution in [0.15, 0.2) is 40.9 Å². The van der Waals surface area contributed by atoms with Gasteiger partial charge in [0.1, 0.15) is 0 Å². The molecule has 0 saturated heterocycles. The zero-order valence-electron chi connectivity index (χ0n) is 11.2. The van der Waals surface area contributed by atoms with Crippen molar-refractivity contribution in [1.82, 2.24) is 0 Å². The molecule has 21 heavy (non-hydrogen) atoms. The van der Waals surface area contributed by atoms with E-state index in [1.54, 1.807) is 18.2 Å². The van der Waals surface area contributed by atoms with E-state index in [-0.39, 0.29) is 12.5 Å². The SMILES string of the molecule is Cc1cc(Br)ccc1NCC(=O)Nc1c(Cl)cccc1Cl. The second-order valence-electron chi connectivity index (χ2n) is 4.46. The molecule has 0 aromatic heterocycles. The van der Waals surface area contributed by atoms with Crippen molar-refractivity contribution in [1.29, 1.82) is 0 Å². The Balaban J connectivity index is 1.99. The summed E-state index contributed by atoms with van der Waals surface area (Å²) in [4.78, 5) is 12.0. The molecule has 0 aliphatic heterocycles. The molecule has 0 fully saturated rings. The maximum atomic E-state index is 12.0. The van der Waals surface area contributed by atoms with Crippen LogP contribution in [0.1, 0.15) is 5.56 Å². The van der Waals surface area contributed by atoms with Gasteiger partial charge in [-0.25, -0.2) is 0 Å². The normalized spacial score (nSPS) is 10.3. The summed E-state index contributed by atoms with van der Waals surface area (Å²) in [5.41, 5.74) is 2.38. The largest absolute Gasteiger partial charge is 0.376 e. The van der Waals surface area contributed by atoms with Gasteiger partial charge in [0.25, 0.3) is 0 Å². The number of para-hydroxylation sites is 1. The van der Waals surface area contributed by atoms with Crippen LogP contribution in [0.2, 0.25) is 10.0 Å². The molecular weight excluding hydrogens is 375 g/mol. The average Bonchev–Trinajstić information content (AvgIpc) is 2.42. The average molecular weight is 388 g/mol. The van der Waals surface area contributed by atoms with Crippen molar-refractivity contribution >= 4 is 56.4 Å². The van der Waals surface area contributed by atoms with Gasteiger partial charge in [-0.3, -0.25) is 4.79 Å². The van der Waals surface area contributed by atoms with E-state index in [4.69, 9.17) is 23.2 Å². The lowest BCUT2D eigenvalue weighted by atomic mass is 10.2. The van der Waals surface area contributed by atoms with Gasteiger partial charge in [-0.1, -0.05) is 45.2 Å². The van der Waals surface area contributed by atoms with Crippen molar-refractivity contribution in [2.75, 3.05) is 17.2 Å². The van der Waals surface area contributed by atoms with Crippen molar-refractivity contribution in [3.05, 3.63) is 56.5 Å². The minimum Gasteiger partial charge on any atom is -0.376 e. The summed E-state index contributed by atoms with van der Waals surface area (Å²) in [5.74, 6) is -0.215. The molecule has 1 amide bonds. The Labute approximate surface area is 141 Å². The number of anilines is 2. The van der Waals surface area contributed by atoms with Crippen LogP contribution >= 0.6 is 39.1 Å². The fraction of sp³-hybridized carbons (Fsp3) is 0.133. The number of halogens is 3.